The van der Waals surface area contributed by atoms with Crippen LogP contribution in [0.4, 0.5) is 0 Å². The molecular formula is C22H32N4O2. The maximum absolute atomic E-state index is 11.7. The lowest BCUT2D eigenvalue weighted by Gasteiger charge is -2.16. The number of hydrogen-bond donors (Lipinski definition) is 2. The van der Waals surface area contributed by atoms with Crippen LogP contribution >= 0.6 is 0 Å². The number of rotatable bonds is 11. The van der Waals surface area contributed by atoms with E-state index in [1.54, 1.807) is 23.7 Å². The molecule has 6 heteroatoms. The Kier molecular flexibility index (Phi) is 9.86. The molecule has 2 aromatic rings. The largest absolute Gasteiger partial charge is 0.376 e. The van der Waals surface area contributed by atoms with Crippen molar-refractivity contribution in [2.24, 2.45) is 10.9 Å². The van der Waals surface area contributed by atoms with Crippen molar-refractivity contribution in [2.45, 2.75) is 32.9 Å². The van der Waals surface area contributed by atoms with Gasteiger partial charge in [0, 0.05) is 38.9 Å². The molecule has 0 bridgehead atoms. The van der Waals surface area contributed by atoms with Gasteiger partial charge in [0.15, 0.2) is 5.96 Å². The first-order chi connectivity index (χ1) is 13.7. The predicted molar refractivity (Wildman–Crippen MR) is 115 cm³/mol. The normalized spacial score (nSPS) is 12.6. The fourth-order valence-corrected chi connectivity index (χ4v) is 2.76. The van der Waals surface area contributed by atoms with Crippen LogP contribution in [0.2, 0.25) is 0 Å². The molecule has 0 saturated carbocycles. The number of pyridine rings is 1. The van der Waals surface area contributed by atoms with Gasteiger partial charge in [-0.3, -0.25) is 9.79 Å². The molecule has 152 valence electrons. The van der Waals surface area contributed by atoms with Crippen LogP contribution in [0.3, 0.4) is 0 Å². The SMILES string of the molecule is CN=C(NCCCCn1ccccc1=O)NCC(C)COCc1ccccc1. The first-order valence-corrected chi connectivity index (χ1v) is 9.90. The highest BCUT2D eigenvalue weighted by molar-refractivity contribution is 5.79. The van der Waals surface area contributed by atoms with Crippen LogP contribution < -0.4 is 16.2 Å². The number of aliphatic imine (C=N–C) groups is 1. The van der Waals surface area contributed by atoms with Gasteiger partial charge in [0.25, 0.3) is 0 Å². The monoisotopic (exact) mass is 384 g/mol. The zero-order valence-corrected chi connectivity index (χ0v) is 16.9. The average Bonchev–Trinajstić information content (AvgIpc) is 2.72. The molecule has 0 fully saturated rings. The molecule has 1 unspecified atom stereocenters. The highest BCUT2D eigenvalue weighted by Gasteiger charge is 2.05. The van der Waals surface area contributed by atoms with Gasteiger partial charge in [-0.15, -0.1) is 0 Å². The van der Waals surface area contributed by atoms with Crippen LogP contribution in [0.1, 0.15) is 25.3 Å². The van der Waals surface area contributed by atoms with E-state index in [1.165, 1.54) is 5.56 Å². The van der Waals surface area contributed by atoms with Crippen molar-refractivity contribution in [3.8, 4) is 0 Å². The van der Waals surface area contributed by atoms with E-state index in [0.29, 0.717) is 19.1 Å². The molecule has 0 aliphatic heterocycles. The Bertz CT molecular complexity index is 758. The molecule has 1 atom stereocenters. The topological polar surface area (TPSA) is 67.7 Å². The smallest absolute Gasteiger partial charge is 0.250 e. The van der Waals surface area contributed by atoms with Crippen LogP contribution in [0.25, 0.3) is 0 Å². The molecule has 1 aromatic heterocycles. The maximum Gasteiger partial charge on any atom is 0.250 e. The van der Waals surface area contributed by atoms with Gasteiger partial charge in [-0.25, -0.2) is 0 Å². The van der Waals surface area contributed by atoms with E-state index >= 15 is 0 Å². The number of aryl methyl sites for hydroxylation is 1. The standard InChI is InChI=1S/C22H32N4O2/c1-19(17-28-18-20-10-4-3-5-11-20)16-25-22(23-2)24-13-7-9-15-26-14-8-6-12-21(26)27/h3-6,8,10-12,14,19H,7,9,13,15-18H2,1-2H3,(H2,23,24,25). The van der Waals surface area contributed by atoms with Crippen molar-refractivity contribution in [3.63, 3.8) is 0 Å². The minimum absolute atomic E-state index is 0.0522. The molecular weight excluding hydrogens is 352 g/mol. The van der Waals surface area contributed by atoms with Gasteiger partial charge >= 0.3 is 0 Å². The third-order valence-corrected chi connectivity index (χ3v) is 4.37. The van der Waals surface area contributed by atoms with Crippen LogP contribution in [-0.4, -0.2) is 37.3 Å². The van der Waals surface area contributed by atoms with E-state index in [-0.39, 0.29) is 5.56 Å². The van der Waals surface area contributed by atoms with Gasteiger partial charge < -0.3 is 19.9 Å². The second-order valence-corrected chi connectivity index (χ2v) is 6.93. The van der Waals surface area contributed by atoms with Gasteiger partial charge in [-0.05, 0) is 30.4 Å². The molecule has 1 heterocycles. The van der Waals surface area contributed by atoms with Crippen molar-refractivity contribution in [2.75, 3.05) is 26.7 Å². The van der Waals surface area contributed by atoms with Crippen LogP contribution in [0.15, 0.2) is 64.5 Å². The number of nitrogens with zero attached hydrogens (tertiary/aromatic N) is 2. The van der Waals surface area contributed by atoms with E-state index in [4.69, 9.17) is 4.74 Å². The fourth-order valence-electron chi connectivity index (χ4n) is 2.76. The fraction of sp³-hybridized carbons (Fsp3) is 0.455. The van der Waals surface area contributed by atoms with E-state index in [9.17, 15) is 4.79 Å². The lowest BCUT2D eigenvalue weighted by atomic mass is 10.2. The number of nitrogens with one attached hydrogen (secondary N) is 2. The Morgan fingerprint density at radius 3 is 2.64 bits per heavy atom. The summed E-state index contributed by atoms with van der Waals surface area (Å²) in [5.41, 5.74) is 1.24. The minimum Gasteiger partial charge on any atom is -0.376 e. The second-order valence-electron chi connectivity index (χ2n) is 6.93. The predicted octanol–water partition coefficient (Wildman–Crippen LogP) is 2.65. The van der Waals surface area contributed by atoms with Gasteiger partial charge in [0.05, 0.1) is 13.2 Å². The van der Waals surface area contributed by atoms with Gasteiger partial charge in [-0.1, -0.05) is 43.3 Å². The number of hydrogen-bond acceptors (Lipinski definition) is 3. The Morgan fingerprint density at radius 2 is 1.89 bits per heavy atom. The Hall–Kier alpha value is -2.60. The molecule has 2 N–H and O–H groups in total. The van der Waals surface area contributed by atoms with Crippen molar-refractivity contribution in [1.29, 1.82) is 0 Å². The van der Waals surface area contributed by atoms with E-state index in [0.717, 1.165) is 38.4 Å². The Labute approximate surface area is 167 Å². The number of guanidine groups is 1. The molecule has 0 radical (unpaired) electrons. The first-order valence-electron chi connectivity index (χ1n) is 9.90. The quantitative estimate of drug-likeness (QED) is 0.355. The van der Waals surface area contributed by atoms with Crippen LogP contribution in [-0.2, 0) is 17.9 Å². The van der Waals surface area contributed by atoms with E-state index in [1.807, 2.05) is 30.5 Å². The highest BCUT2D eigenvalue weighted by Crippen LogP contribution is 2.02. The van der Waals surface area contributed by atoms with Gasteiger partial charge in [-0.2, -0.15) is 0 Å². The lowest BCUT2D eigenvalue weighted by Crippen LogP contribution is -2.40. The molecule has 6 nitrogen and oxygen atoms in total. The lowest BCUT2D eigenvalue weighted by molar-refractivity contribution is 0.0931. The van der Waals surface area contributed by atoms with Crippen LogP contribution in [0.5, 0.6) is 0 Å². The Morgan fingerprint density at radius 1 is 1.11 bits per heavy atom. The molecule has 2 rings (SSSR count). The second kappa shape index (κ2) is 12.7. The highest BCUT2D eigenvalue weighted by atomic mass is 16.5. The molecule has 0 aliphatic carbocycles. The summed E-state index contributed by atoms with van der Waals surface area (Å²) in [6.07, 6.45) is 3.74. The summed E-state index contributed by atoms with van der Waals surface area (Å²) < 4.78 is 7.52. The minimum atomic E-state index is 0.0522. The zero-order valence-electron chi connectivity index (χ0n) is 16.9. The van der Waals surface area contributed by atoms with Crippen molar-refractivity contribution < 1.29 is 4.74 Å². The van der Waals surface area contributed by atoms with E-state index < -0.39 is 0 Å². The number of unbranched alkanes of at least 4 members (excludes halogenated alkanes) is 1. The molecule has 28 heavy (non-hydrogen) atoms. The molecule has 0 saturated heterocycles. The maximum atomic E-state index is 11.7. The molecule has 0 aliphatic rings. The van der Waals surface area contributed by atoms with Crippen molar-refractivity contribution >= 4 is 5.96 Å². The van der Waals surface area contributed by atoms with Crippen LogP contribution in [0, 0.1) is 5.92 Å². The number of benzene rings is 1. The third kappa shape index (κ3) is 8.39. The molecule has 0 amide bonds. The average molecular weight is 385 g/mol. The number of ether oxygens (including phenoxy) is 1. The first kappa shape index (κ1) is 21.7. The van der Waals surface area contributed by atoms with Crippen molar-refractivity contribution in [3.05, 3.63) is 70.6 Å². The Balaban J connectivity index is 1.55. The summed E-state index contributed by atoms with van der Waals surface area (Å²) in [6.45, 7) is 5.85. The summed E-state index contributed by atoms with van der Waals surface area (Å²) in [7, 11) is 1.77. The summed E-state index contributed by atoms with van der Waals surface area (Å²) in [4.78, 5) is 15.9. The van der Waals surface area contributed by atoms with Crippen molar-refractivity contribution in [1.82, 2.24) is 15.2 Å². The van der Waals surface area contributed by atoms with Gasteiger partial charge in [0.1, 0.15) is 0 Å². The summed E-state index contributed by atoms with van der Waals surface area (Å²) in [6, 6.07) is 15.4. The summed E-state index contributed by atoms with van der Waals surface area (Å²) >= 11 is 0. The zero-order chi connectivity index (χ0) is 20.0. The molecule has 0 spiro atoms. The number of aromatic nitrogens is 1. The summed E-state index contributed by atoms with van der Waals surface area (Å²) in [5, 5.41) is 6.66. The third-order valence-electron chi connectivity index (χ3n) is 4.37. The van der Waals surface area contributed by atoms with E-state index in [2.05, 4.69) is 34.7 Å². The summed E-state index contributed by atoms with van der Waals surface area (Å²) in [5.74, 6) is 1.18. The molecule has 1 aromatic carbocycles. The van der Waals surface area contributed by atoms with Gasteiger partial charge in [0.2, 0.25) is 5.56 Å².